The number of hydrogen-bond donors (Lipinski definition) is 8. The van der Waals surface area contributed by atoms with Crippen molar-refractivity contribution in [1.29, 1.82) is 0 Å². The van der Waals surface area contributed by atoms with E-state index in [0.29, 0.717) is 11.1 Å². The molecule has 6 rings (SSSR count). The van der Waals surface area contributed by atoms with E-state index >= 15 is 0 Å². The maximum Gasteiger partial charge on any atom is 0.262 e. The zero-order valence-electron chi connectivity index (χ0n) is 28.8. The Labute approximate surface area is 289 Å². The topological polar surface area (TPSA) is 221 Å². The van der Waals surface area contributed by atoms with Crippen molar-refractivity contribution < 1.29 is 59.9 Å². The molecule has 0 aromatic heterocycles. The molecule has 0 bridgehead atoms. The number of aliphatic hydroxyl groups excluding tert-OH is 8. The average molecular weight is 699 g/mol. The molecule has 2 amide bonds. The Balaban J connectivity index is 1.60. The molecule has 4 heterocycles. The lowest BCUT2D eigenvalue weighted by Crippen LogP contribution is -2.64. The van der Waals surface area contributed by atoms with E-state index in [1.54, 1.807) is 36.4 Å². The van der Waals surface area contributed by atoms with Gasteiger partial charge in [0, 0.05) is 11.1 Å². The number of hydrogen-bond acceptors (Lipinski definition) is 12. The van der Waals surface area contributed by atoms with Crippen molar-refractivity contribution >= 4 is 34.3 Å². The number of benzene rings is 2. The van der Waals surface area contributed by atoms with Gasteiger partial charge in [0.2, 0.25) is 0 Å². The monoisotopic (exact) mass is 698 g/mol. The van der Waals surface area contributed by atoms with Gasteiger partial charge in [-0.25, -0.2) is 0 Å². The van der Waals surface area contributed by atoms with Crippen molar-refractivity contribution in [2.24, 2.45) is 0 Å². The first kappa shape index (κ1) is 36.5. The molecule has 4 aliphatic rings. The summed E-state index contributed by atoms with van der Waals surface area (Å²) in [7, 11) is 0. The maximum absolute atomic E-state index is 14.8. The molecule has 14 nitrogen and oxygen atoms in total. The quantitative estimate of drug-likeness (QED) is 0.189. The van der Waals surface area contributed by atoms with Crippen LogP contribution < -0.4 is 9.80 Å². The maximum atomic E-state index is 14.8. The molecular weight excluding hydrogens is 652 g/mol. The Morgan fingerprint density at radius 1 is 0.560 bits per heavy atom. The van der Waals surface area contributed by atoms with Crippen LogP contribution in [0.25, 0.3) is 11.1 Å². The van der Waals surface area contributed by atoms with Crippen molar-refractivity contribution in [3.05, 3.63) is 58.7 Å². The molecule has 2 fully saturated rings. The number of rotatable bonds is 4. The number of carbonyl (C=O) groups is 2. The standard InChI is InChI=1S/C36H46N2O12/c1-35(2,3)15-7-9-19-17(11-15)23(31(47)37(19)33-29(45)27(43)25(41)21(13-39)49-33)24-18-12-16(36(4,5)6)8-10-20(18)38(32(24)48)34-30(46)28(44)26(42)22(14-40)50-34/h7-12,21-22,25-30,33-34,39-46H,13-14H2,1-6H3/b24-23+/t21-,22-,25-,26-,27+,28+,29+,30+,33-,34-/m1/s1. The number of ether oxygens (including phenoxy) is 2. The molecule has 2 aromatic rings. The second kappa shape index (κ2) is 12.7. The lowest BCUT2D eigenvalue weighted by Gasteiger charge is -2.43. The van der Waals surface area contributed by atoms with Crippen molar-refractivity contribution in [2.75, 3.05) is 23.0 Å². The van der Waals surface area contributed by atoms with E-state index in [1.165, 1.54) is 0 Å². The Bertz CT molecular complexity index is 1590. The Kier molecular flexibility index (Phi) is 9.30. The predicted molar refractivity (Wildman–Crippen MR) is 180 cm³/mol. The van der Waals surface area contributed by atoms with E-state index in [1.807, 2.05) is 41.5 Å². The molecule has 0 saturated carbocycles. The van der Waals surface area contributed by atoms with Crippen LogP contribution >= 0.6 is 0 Å². The third-order valence-electron chi connectivity index (χ3n) is 10.1. The molecule has 10 atom stereocenters. The summed E-state index contributed by atoms with van der Waals surface area (Å²) in [5.41, 5.74) is 1.73. The van der Waals surface area contributed by atoms with Gasteiger partial charge in [0.25, 0.3) is 11.8 Å². The Morgan fingerprint density at radius 2 is 0.900 bits per heavy atom. The molecule has 0 unspecified atom stereocenters. The third kappa shape index (κ3) is 5.68. The first-order chi connectivity index (χ1) is 23.3. The molecule has 0 aliphatic carbocycles. The van der Waals surface area contributed by atoms with Crippen LogP contribution in [0, 0.1) is 0 Å². The summed E-state index contributed by atoms with van der Waals surface area (Å²) >= 11 is 0. The van der Waals surface area contributed by atoms with Crippen molar-refractivity contribution in [1.82, 2.24) is 0 Å². The van der Waals surface area contributed by atoms with Crippen molar-refractivity contribution in [3.8, 4) is 0 Å². The number of carbonyl (C=O) groups excluding carboxylic acids is 2. The van der Waals surface area contributed by atoms with E-state index in [9.17, 15) is 50.4 Å². The van der Waals surface area contributed by atoms with E-state index < -0.39 is 97.1 Å². The van der Waals surface area contributed by atoms with Crippen LogP contribution in [0.5, 0.6) is 0 Å². The van der Waals surface area contributed by atoms with Crippen LogP contribution in [-0.2, 0) is 29.9 Å². The molecule has 0 spiro atoms. The molecule has 14 heteroatoms. The number of anilines is 2. The van der Waals surface area contributed by atoms with Crippen LogP contribution in [0.2, 0.25) is 0 Å². The largest absolute Gasteiger partial charge is 0.394 e. The lowest BCUT2D eigenvalue weighted by atomic mass is 9.83. The molecule has 272 valence electrons. The van der Waals surface area contributed by atoms with Gasteiger partial charge in [0.1, 0.15) is 48.8 Å². The van der Waals surface area contributed by atoms with Gasteiger partial charge in [0.05, 0.1) is 35.7 Å². The fraction of sp³-hybridized carbons (Fsp3) is 0.556. The van der Waals surface area contributed by atoms with Crippen LogP contribution in [0.3, 0.4) is 0 Å². The smallest absolute Gasteiger partial charge is 0.262 e. The Hall–Kier alpha value is -3.28. The summed E-state index contributed by atoms with van der Waals surface area (Å²) in [5.74, 6) is -1.55. The van der Waals surface area contributed by atoms with Crippen LogP contribution in [0.4, 0.5) is 11.4 Å². The van der Waals surface area contributed by atoms with Gasteiger partial charge in [-0.3, -0.25) is 19.4 Å². The highest BCUT2D eigenvalue weighted by molar-refractivity contribution is 6.50. The van der Waals surface area contributed by atoms with Crippen LogP contribution in [0.1, 0.15) is 63.8 Å². The van der Waals surface area contributed by atoms with Crippen molar-refractivity contribution in [3.63, 3.8) is 0 Å². The summed E-state index contributed by atoms with van der Waals surface area (Å²) in [4.78, 5) is 31.9. The van der Waals surface area contributed by atoms with Gasteiger partial charge in [-0.2, -0.15) is 0 Å². The number of nitrogens with zero attached hydrogens (tertiary/aromatic N) is 2. The van der Waals surface area contributed by atoms with Crippen molar-refractivity contribution in [2.45, 2.75) is 114 Å². The van der Waals surface area contributed by atoms with E-state index in [4.69, 9.17) is 9.47 Å². The third-order valence-corrected chi connectivity index (χ3v) is 10.1. The highest BCUT2D eigenvalue weighted by atomic mass is 16.6. The number of amides is 2. The minimum Gasteiger partial charge on any atom is -0.394 e. The predicted octanol–water partition coefficient (Wildman–Crippen LogP) is -0.515. The molecular formula is C36H46N2O12. The fourth-order valence-electron chi connectivity index (χ4n) is 7.09. The second-order valence-electron chi connectivity index (χ2n) is 15.5. The SMILES string of the molecule is CC(C)(C)c1ccc2c(c1)/C(=C1\C(=O)N([C@@H]3O[C@H](CO)[C@@H](O)[C@H](O)[C@@H]3O)c3ccc(C(C)(C)C)cc31)C(=O)N2[C@@H]1O[C@H](CO)[C@@H](O)[C@H](O)[C@@H]1O. The minimum absolute atomic E-state index is 0.0764. The highest BCUT2D eigenvalue weighted by Crippen LogP contribution is 2.50. The van der Waals surface area contributed by atoms with Gasteiger partial charge in [-0.1, -0.05) is 53.7 Å². The molecule has 4 aliphatic heterocycles. The van der Waals surface area contributed by atoms with E-state index in [2.05, 4.69) is 0 Å². The summed E-state index contributed by atoms with van der Waals surface area (Å²) in [6.45, 7) is 10.4. The van der Waals surface area contributed by atoms with Gasteiger partial charge < -0.3 is 50.3 Å². The molecule has 50 heavy (non-hydrogen) atoms. The highest BCUT2D eigenvalue weighted by Gasteiger charge is 2.54. The van der Waals surface area contributed by atoms with Crippen LogP contribution in [-0.4, -0.2) is 127 Å². The normalized spacial score (nSPS) is 34.8. The first-order valence-corrected chi connectivity index (χ1v) is 16.7. The first-order valence-electron chi connectivity index (χ1n) is 16.7. The lowest BCUT2D eigenvalue weighted by molar-refractivity contribution is -0.228. The van der Waals surface area contributed by atoms with Gasteiger partial charge in [-0.15, -0.1) is 0 Å². The van der Waals surface area contributed by atoms with Crippen LogP contribution in [0.15, 0.2) is 36.4 Å². The minimum atomic E-state index is -1.80. The van der Waals surface area contributed by atoms with Gasteiger partial charge in [0.15, 0.2) is 12.5 Å². The Morgan fingerprint density at radius 3 is 1.20 bits per heavy atom. The molecule has 2 saturated heterocycles. The second-order valence-corrected chi connectivity index (χ2v) is 15.5. The zero-order chi connectivity index (χ0) is 36.8. The summed E-state index contributed by atoms with van der Waals surface area (Å²) in [6, 6.07) is 10.4. The van der Waals surface area contributed by atoms with E-state index in [-0.39, 0.29) is 22.5 Å². The number of fused-ring (bicyclic) bond motifs is 2. The summed E-state index contributed by atoms with van der Waals surface area (Å²) in [6.07, 6.45) is -16.3. The molecule has 0 radical (unpaired) electrons. The van der Waals surface area contributed by atoms with E-state index in [0.717, 1.165) is 20.9 Å². The summed E-state index contributed by atoms with van der Waals surface area (Å²) < 4.78 is 11.7. The number of aliphatic hydroxyl groups is 8. The average Bonchev–Trinajstić information content (AvgIpc) is 3.50. The summed E-state index contributed by atoms with van der Waals surface area (Å²) in [5, 5.41) is 84.3. The fourth-order valence-corrected chi connectivity index (χ4v) is 7.09. The van der Waals surface area contributed by atoms with Gasteiger partial charge in [-0.05, 0) is 46.2 Å². The van der Waals surface area contributed by atoms with Gasteiger partial charge >= 0.3 is 0 Å². The molecule has 8 N–H and O–H groups in total. The zero-order valence-corrected chi connectivity index (χ0v) is 28.8. The molecule has 2 aromatic carbocycles.